The SMILES string of the molecule is O=C1Nc2cc(/C=C/CCC(=O)c3cccn(Cc4ccc(Cl)nc4)c3=O)ccc2/C1=C/c1cnc[nH]1. The molecule has 4 heterocycles. The number of amides is 1. The quantitative estimate of drug-likeness (QED) is 0.200. The first-order valence-electron chi connectivity index (χ1n) is 11.6. The molecular weight excluding hydrogens is 490 g/mol. The van der Waals surface area contributed by atoms with Crippen molar-refractivity contribution in [2.45, 2.75) is 19.4 Å². The van der Waals surface area contributed by atoms with Crippen molar-refractivity contribution < 1.29 is 9.59 Å². The van der Waals surface area contributed by atoms with Crippen LogP contribution in [-0.4, -0.2) is 31.2 Å². The first-order chi connectivity index (χ1) is 18.0. The van der Waals surface area contributed by atoms with Gasteiger partial charge in [0.2, 0.25) is 0 Å². The summed E-state index contributed by atoms with van der Waals surface area (Å²) < 4.78 is 1.49. The van der Waals surface area contributed by atoms with Gasteiger partial charge in [-0.05, 0) is 47.9 Å². The van der Waals surface area contributed by atoms with Gasteiger partial charge in [0.25, 0.3) is 11.5 Å². The number of carbonyl (C=O) groups excluding carboxylic acids is 2. The molecular formula is C28H22ClN5O3. The van der Waals surface area contributed by atoms with Gasteiger partial charge in [-0.3, -0.25) is 14.4 Å². The number of benzene rings is 1. The molecule has 0 atom stereocenters. The lowest BCUT2D eigenvalue weighted by atomic mass is 10.0. The van der Waals surface area contributed by atoms with Crippen LogP contribution in [0, 0.1) is 0 Å². The van der Waals surface area contributed by atoms with E-state index in [4.69, 9.17) is 11.6 Å². The molecule has 0 bridgehead atoms. The maximum Gasteiger partial charge on any atom is 0.261 e. The Hall–Kier alpha value is -4.56. The minimum atomic E-state index is -0.334. The number of fused-ring (bicyclic) bond motifs is 1. The standard InChI is InChI=1S/C28H22ClN5O3/c29-26-10-8-19(14-31-26)16-34-11-3-5-22(28(34)37)25(35)6-2-1-4-18-7-9-21-23(13-20-15-30-17-32-20)27(36)33-24(21)12-18/h1,3-5,7-15,17H,2,6,16H2,(H,30,32)(H,33,36)/b4-1+,23-13-. The number of pyridine rings is 2. The normalized spacial score (nSPS) is 13.8. The number of carbonyl (C=O) groups is 2. The van der Waals surface area contributed by atoms with Crippen LogP contribution in [0.15, 0.2) is 78.3 Å². The van der Waals surface area contributed by atoms with Crippen molar-refractivity contribution in [2.75, 3.05) is 5.32 Å². The van der Waals surface area contributed by atoms with Crippen LogP contribution in [0.5, 0.6) is 0 Å². The molecule has 9 heteroatoms. The van der Waals surface area contributed by atoms with Gasteiger partial charge in [-0.1, -0.05) is 42.0 Å². The maximum atomic E-state index is 12.8. The summed E-state index contributed by atoms with van der Waals surface area (Å²) in [4.78, 5) is 48.9. The van der Waals surface area contributed by atoms with Crippen LogP contribution in [0.25, 0.3) is 17.7 Å². The van der Waals surface area contributed by atoms with Crippen LogP contribution >= 0.6 is 11.6 Å². The van der Waals surface area contributed by atoms with Crippen LogP contribution in [0.1, 0.15) is 45.6 Å². The van der Waals surface area contributed by atoms with Crippen molar-refractivity contribution in [1.82, 2.24) is 19.5 Å². The molecule has 3 aromatic heterocycles. The monoisotopic (exact) mass is 511 g/mol. The number of nitrogens with zero attached hydrogens (tertiary/aromatic N) is 3. The molecule has 2 N–H and O–H groups in total. The Labute approximate surface area is 217 Å². The van der Waals surface area contributed by atoms with Crippen LogP contribution in [0.2, 0.25) is 5.15 Å². The average Bonchev–Trinajstić information content (AvgIpc) is 3.52. The second kappa shape index (κ2) is 10.6. The summed E-state index contributed by atoms with van der Waals surface area (Å²) in [6.07, 6.45) is 12.7. The van der Waals surface area contributed by atoms with Gasteiger partial charge in [0.1, 0.15) is 5.15 Å². The summed E-state index contributed by atoms with van der Waals surface area (Å²) in [5.41, 5.74) is 4.41. The Balaban J connectivity index is 1.22. The van der Waals surface area contributed by atoms with Gasteiger partial charge in [-0.25, -0.2) is 9.97 Å². The highest BCUT2D eigenvalue weighted by Gasteiger charge is 2.24. The summed E-state index contributed by atoms with van der Waals surface area (Å²) in [6.45, 7) is 0.303. The highest BCUT2D eigenvalue weighted by atomic mass is 35.5. The van der Waals surface area contributed by atoms with Gasteiger partial charge in [-0.15, -0.1) is 0 Å². The number of anilines is 1. The highest BCUT2D eigenvalue weighted by molar-refractivity contribution is 6.34. The molecule has 1 aliphatic heterocycles. The number of hydrogen-bond acceptors (Lipinski definition) is 5. The molecule has 184 valence electrons. The molecule has 0 saturated carbocycles. The van der Waals surface area contributed by atoms with Crippen molar-refractivity contribution in [3.63, 3.8) is 0 Å². The number of nitrogens with one attached hydrogen (secondary N) is 2. The lowest BCUT2D eigenvalue weighted by Crippen LogP contribution is -2.26. The summed E-state index contributed by atoms with van der Waals surface area (Å²) in [7, 11) is 0. The number of aromatic amines is 1. The third-order valence-corrected chi connectivity index (χ3v) is 6.18. The van der Waals surface area contributed by atoms with E-state index in [1.807, 2.05) is 30.4 Å². The number of allylic oxidation sites excluding steroid dienone is 1. The molecule has 0 aliphatic carbocycles. The summed E-state index contributed by atoms with van der Waals surface area (Å²) in [6, 6.07) is 12.4. The van der Waals surface area contributed by atoms with Crippen molar-refractivity contribution in [3.8, 4) is 0 Å². The van der Waals surface area contributed by atoms with Crippen molar-refractivity contribution >= 4 is 46.7 Å². The van der Waals surface area contributed by atoms with Crippen LogP contribution in [0.3, 0.4) is 0 Å². The molecule has 1 amide bonds. The van der Waals surface area contributed by atoms with Crippen molar-refractivity contribution in [1.29, 1.82) is 0 Å². The van der Waals surface area contributed by atoms with Crippen molar-refractivity contribution in [3.05, 3.63) is 117 Å². The fourth-order valence-electron chi connectivity index (χ4n) is 4.10. The second-order valence-electron chi connectivity index (χ2n) is 8.53. The summed E-state index contributed by atoms with van der Waals surface area (Å²) in [5, 5.41) is 3.26. The van der Waals surface area contributed by atoms with Crippen LogP contribution in [-0.2, 0) is 11.3 Å². The summed E-state index contributed by atoms with van der Waals surface area (Å²) >= 11 is 5.82. The number of H-pyrrole nitrogens is 1. The fraction of sp³-hybridized carbons (Fsp3) is 0.107. The fourth-order valence-corrected chi connectivity index (χ4v) is 4.21. The van der Waals surface area contributed by atoms with E-state index in [0.717, 1.165) is 28.1 Å². The molecule has 0 spiro atoms. The Morgan fingerprint density at radius 1 is 1.11 bits per heavy atom. The lowest BCUT2D eigenvalue weighted by Gasteiger charge is -2.07. The second-order valence-corrected chi connectivity index (χ2v) is 8.92. The largest absolute Gasteiger partial charge is 0.345 e. The van der Waals surface area contributed by atoms with Gasteiger partial charge in [0, 0.05) is 30.1 Å². The van der Waals surface area contributed by atoms with E-state index in [9.17, 15) is 14.4 Å². The zero-order valence-electron chi connectivity index (χ0n) is 19.6. The van der Waals surface area contributed by atoms with Crippen LogP contribution in [0.4, 0.5) is 5.69 Å². The number of hydrogen-bond donors (Lipinski definition) is 2. The molecule has 5 rings (SSSR count). The van der Waals surface area contributed by atoms with E-state index < -0.39 is 0 Å². The van der Waals surface area contributed by atoms with Gasteiger partial charge in [0.15, 0.2) is 5.78 Å². The maximum absolute atomic E-state index is 12.8. The Morgan fingerprint density at radius 3 is 2.78 bits per heavy atom. The van der Waals surface area contributed by atoms with E-state index in [2.05, 4.69) is 20.3 Å². The van der Waals surface area contributed by atoms with E-state index in [1.54, 1.807) is 55.3 Å². The van der Waals surface area contributed by atoms with Gasteiger partial charge in [-0.2, -0.15) is 0 Å². The molecule has 0 unspecified atom stereocenters. The molecule has 0 saturated heterocycles. The van der Waals surface area contributed by atoms with E-state index >= 15 is 0 Å². The van der Waals surface area contributed by atoms with Gasteiger partial charge < -0.3 is 14.9 Å². The zero-order valence-corrected chi connectivity index (χ0v) is 20.4. The molecule has 1 aliphatic rings. The lowest BCUT2D eigenvalue weighted by molar-refractivity contribution is -0.110. The first kappa shape index (κ1) is 24.1. The van der Waals surface area contributed by atoms with Gasteiger partial charge in [0.05, 0.1) is 35.9 Å². The number of rotatable bonds is 8. The predicted octanol–water partition coefficient (Wildman–Crippen LogP) is 4.84. The first-order valence-corrected chi connectivity index (χ1v) is 12.0. The summed E-state index contributed by atoms with van der Waals surface area (Å²) in [5.74, 6) is -0.384. The predicted molar refractivity (Wildman–Crippen MR) is 143 cm³/mol. The minimum Gasteiger partial charge on any atom is -0.345 e. The number of halogens is 1. The molecule has 0 radical (unpaired) electrons. The molecule has 0 fully saturated rings. The number of imidazole rings is 1. The van der Waals surface area contributed by atoms with Crippen LogP contribution < -0.4 is 10.9 Å². The topological polar surface area (TPSA) is 110 Å². The van der Waals surface area contributed by atoms with E-state index in [-0.39, 0.29) is 29.2 Å². The van der Waals surface area contributed by atoms with Gasteiger partial charge >= 0.3 is 0 Å². The van der Waals surface area contributed by atoms with E-state index in [0.29, 0.717) is 23.7 Å². The third-order valence-electron chi connectivity index (χ3n) is 5.96. The highest BCUT2D eigenvalue weighted by Crippen LogP contribution is 2.33. The average molecular weight is 512 g/mol. The molecule has 4 aromatic rings. The Kier molecular flexibility index (Phi) is 6.91. The smallest absolute Gasteiger partial charge is 0.261 e. The van der Waals surface area contributed by atoms with Crippen molar-refractivity contribution in [2.24, 2.45) is 0 Å². The minimum absolute atomic E-state index is 0.162. The Bertz CT molecular complexity index is 1590. The van der Waals surface area contributed by atoms with E-state index in [1.165, 1.54) is 4.57 Å². The number of ketones is 1. The molecule has 8 nitrogen and oxygen atoms in total. The molecule has 37 heavy (non-hydrogen) atoms. The number of aromatic nitrogens is 4. The zero-order chi connectivity index (χ0) is 25.8. The Morgan fingerprint density at radius 2 is 2.00 bits per heavy atom. The third kappa shape index (κ3) is 5.49. The number of Topliss-reactive ketones (excluding diaryl/α,β-unsaturated/α-hetero) is 1. The molecule has 1 aromatic carbocycles.